The third kappa shape index (κ3) is 2.58. The van der Waals surface area contributed by atoms with Gasteiger partial charge in [-0.25, -0.2) is 4.98 Å². The summed E-state index contributed by atoms with van der Waals surface area (Å²) in [5.41, 5.74) is 2.52. The van der Waals surface area contributed by atoms with Crippen molar-refractivity contribution in [2.24, 2.45) is 0 Å². The first-order valence-corrected chi connectivity index (χ1v) is 7.36. The van der Waals surface area contributed by atoms with Crippen molar-refractivity contribution in [2.75, 3.05) is 17.7 Å². The quantitative estimate of drug-likeness (QED) is 0.767. The fraction of sp³-hybridized carbons (Fsp3) is 0.200. The van der Waals surface area contributed by atoms with Crippen LogP contribution in [0.2, 0.25) is 0 Å². The molecule has 5 heteroatoms. The molecule has 0 saturated carbocycles. The summed E-state index contributed by atoms with van der Waals surface area (Å²) in [5.74, 6) is 1.52. The van der Waals surface area contributed by atoms with Gasteiger partial charge in [-0.1, -0.05) is 29.8 Å². The first kappa shape index (κ1) is 12.9. The van der Waals surface area contributed by atoms with Crippen LogP contribution < -0.4 is 10.6 Å². The van der Waals surface area contributed by atoms with E-state index in [2.05, 4.69) is 57.9 Å². The average molecular weight is 284 g/mol. The first-order chi connectivity index (χ1) is 9.76. The van der Waals surface area contributed by atoms with Crippen LogP contribution in [0.5, 0.6) is 0 Å². The minimum atomic E-state index is 0.645. The Morgan fingerprint density at radius 2 is 2.10 bits per heavy atom. The molecule has 102 valence electrons. The summed E-state index contributed by atoms with van der Waals surface area (Å²) < 4.78 is 0. The van der Waals surface area contributed by atoms with Gasteiger partial charge >= 0.3 is 0 Å². The van der Waals surface area contributed by atoms with E-state index in [0.717, 1.165) is 22.6 Å². The zero-order chi connectivity index (χ0) is 13.9. The van der Waals surface area contributed by atoms with E-state index in [1.807, 2.05) is 12.4 Å². The number of anilines is 2. The molecular formula is C15H16N4S. The smallest absolute Gasteiger partial charge is 0.225 e. The Morgan fingerprint density at radius 1 is 1.20 bits per heavy atom. The number of hydrogen-bond donors (Lipinski definition) is 2. The molecule has 3 rings (SSSR count). The topological polar surface area (TPSA) is 49.8 Å². The van der Waals surface area contributed by atoms with E-state index in [4.69, 9.17) is 0 Å². The van der Waals surface area contributed by atoms with E-state index in [9.17, 15) is 0 Å². The van der Waals surface area contributed by atoms with Crippen molar-refractivity contribution in [2.45, 2.75) is 13.5 Å². The van der Waals surface area contributed by atoms with Gasteiger partial charge in [-0.05, 0) is 23.9 Å². The monoisotopic (exact) mass is 284 g/mol. The van der Waals surface area contributed by atoms with E-state index in [-0.39, 0.29) is 0 Å². The maximum atomic E-state index is 4.50. The standard InChI is InChI=1S/C15H16N4S/c1-10-4-3-5-11(8-10)9-17-13-12-6-7-20-14(12)19-15(16-2)18-13/h3-8H,9H2,1-2H3,(H2,16,17,18,19). The van der Waals surface area contributed by atoms with Crippen LogP contribution in [0.3, 0.4) is 0 Å². The third-order valence-electron chi connectivity index (χ3n) is 3.09. The van der Waals surface area contributed by atoms with Gasteiger partial charge in [0, 0.05) is 13.6 Å². The molecule has 0 saturated heterocycles. The van der Waals surface area contributed by atoms with Gasteiger partial charge in [-0.3, -0.25) is 0 Å². The molecule has 0 bridgehead atoms. The lowest BCUT2D eigenvalue weighted by atomic mass is 10.1. The maximum Gasteiger partial charge on any atom is 0.225 e. The molecule has 0 aliphatic heterocycles. The third-order valence-corrected chi connectivity index (χ3v) is 3.90. The second-order valence-corrected chi connectivity index (χ2v) is 5.52. The predicted molar refractivity (Wildman–Crippen MR) is 85.5 cm³/mol. The molecule has 2 heterocycles. The second kappa shape index (κ2) is 5.46. The number of nitrogens with zero attached hydrogens (tertiary/aromatic N) is 2. The number of aryl methyl sites for hydroxylation is 1. The van der Waals surface area contributed by atoms with Gasteiger partial charge in [-0.2, -0.15) is 4.98 Å². The highest BCUT2D eigenvalue weighted by Crippen LogP contribution is 2.26. The number of fused-ring (bicyclic) bond motifs is 1. The van der Waals surface area contributed by atoms with Crippen LogP contribution in [0.1, 0.15) is 11.1 Å². The van der Waals surface area contributed by atoms with Crippen LogP contribution in [0.25, 0.3) is 10.2 Å². The minimum Gasteiger partial charge on any atom is -0.365 e. The van der Waals surface area contributed by atoms with Crippen molar-refractivity contribution in [3.05, 3.63) is 46.8 Å². The van der Waals surface area contributed by atoms with E-state index in [0.29, 0.717) is 5.95 Å². The Bertz CT molecular complexity index is 736. The highest BCUT2D eigenvalue weighted by molar-refractivity contribution is 7.16. The van der Waals surface area contributed by atoms with Crippen molar-refractivity contribution >= 4 is 33.3 Å². The lowest BCUT2D eigenvalue weighted by Crippen LogP contribution is -2.05. The highest BCUT2D eigenvalue weighted by Gasteiger charge is 2.07. The van der Waals surface area contributed by atoms with Crippen LogP contribution in [-0.4, -0.2) is 17.0 Å². The summed E-state index contributed by atoms with van der Waals surface area (Å²) in [6, 6.07) is 10.5. The lowest BCUT2D eigenvalue weighted by Gasteiger charge is -2.09. The summed E-state index contributed by atoms with van der Waals surface area (Å²) in [4.78, 5) is 9.94. The van der Waals surface area contributed by atoms with Crippen molar-refractivity contribution in [3.8, 4) is 0 Å². The Morgan fingerprint density at radius 3 is 2.90 bits per heavy atom. The normalized spacial score (nSPS) is 10.7. The van der Waals surface area contributed by atoms with Crippen molar-refractivity contribution in [1.29, 1.82) is 0 Å². The number of hydrogen-bond acceptors (Lipinski definition) is 5. The van der Waals surface area contributed by atoms with Crippen LogP contribution in [-0.2, 0) is 6.54 Å². The highest BCUT2D eigenvalue weighted by atomic mass is 32.1. The van der Waals surface area contributed by atoms with Crippen LogP contribution >= 0.6 is 11.3 Å². The Kier molecular flexibility index (Phi) is 3.52. The molecule has 1 aromatic carbocycles. The van der Waals surface area contributed by atoms with Gasteiger partial charge < -0.3 is 10.6 Å². The molecule has 4 nitrogen and oxygen atoms in total. The minimum absolute atomic E-state index is 0.645. The predicted octanol–water partition coefficient (Wildman–Crippen LogP) is 3.65. The molecule has 0 radical (unpaired) electrons. The number of nitrogens with one attached hydrogen (secondary N) is 2. The molecular weight excluding hydrogens is 268 g/mol. The zero-order valence-corrected chi connectivity index (χ0v) is 12.3. The van der Waals surface area contributed by atoms with Crippen molar-refractivity contribution in [3.63, 3.8) is 0 Å². The molecule has 0 spiro atoms. The van der Waals surface area contributed by atoms with Crippen LogP contribution in [0.15, 0.2) is 35.7 Å². The summed E-state index contributed by atoms with van der Waals surface area (Å²) in [6.45, 7) is 2.86. The first-order valence-electron chi connectivity index (χ1n) is 6.48. The molecule has 20 heavy (non-hydrogen) atoms. The summed E-state index contributed by atoms with van der Waals surface area (Å²) in [5, 5.41) is 9.52. The van der Waals surface area contributed by atoms with Gasteiger partial charge in [0.1, 0.15) is 10.6 Å². The fourth-order valence-corrected chi connectivity index (χ4v) is 2.87. The van der Waals surface area contributed by atoms with E-state index >= 15 is 0 Å². The lowest BCUT2D eigenvalue weighted by molar-refractivity contribution is 1.10. The van der Waals surface area contributed by atoms with Crippen LogP contribution in [0, 0.1) is 6.92 Å². The molecule has 0 aliphatic rings. The average Bonchev–Trinajstić information content (AvgIpc) is 2.93. The Hall–Kier alpha value is -2.14. The zero-order valence-electron chi connectivity index (χ0n) is 11.5. The van der Waals surface area contributed by atoms with Crippen molar-refractivity contribution < 1.29 is 0 Å². The van der Waals surface area contributed by atoms with Crippen LogP contribution in [0.4, 0.5) is 11.8 Å². The Balaban J connectivity index is 1.88. The fourth-order valence-electron chi connectivity index (χ4n) is 2.11. The SMILES string of the molecule is CNc1nc(NCc2cccc(C)c2)c2ccsc2n1. The van der Waals surface area contributed by atoms with Gasteiger partial charge in [0.25, 0.3) is 0 Å². The molecule has 0 aliphatic carbocycles. The van der Waals surface area contributed by atoms with E-state index < -0.39 is 0 Å². The second-order valence-electron chi connectivity index (χ2n) is 4.63. The molecule has 2 aromatic heterocycles. The summed E-state index contributed by atoms with van der Waals surface area (Å²) >= 11 is 1.62. The van der Waals surface area contributed by atoms with E-state index in [1.54, 1.807) is 11.3 Å². The molecule has 0 atom stereocenters. The van der Waals surface area contributed by atoms with Gasteiger partial charge in [-0.15, -0.1) is 11.3 Å². The van der Waals surface area contributed by atoms with Crippen molar-refractivity contribution in [1.82, 2.24) is 9.97 Å². The molecule has 3 aromatic rings. The van der Waals surface area contributed by atoms with Gasteiger partial charge in [0.15, 0.2) is 0 Å². The number of aromatic nitrogens is 2. The largest absolute Gasteiger partial charge is 0.365 e. The summed E-state index contributed by atoms with van der Waals surface area (Å²) in [7, 11) is 1.83. The van der Waals surface area contributed by atoms with E-state index in [1.165, 1.54) is 11.1 Å². The molecule has 0 unspecified atom stereocenters. The molecule has 0 amide bonds. The molecule has 0 fully saturated rings. The number of thiophene rings is 1. The molecule has 2 N–H and O–H groups in total. The maximum absolute atomic E-state index is 4.50. The number of benzene rings is 1. The van der Waals surface area contributed by atoms with Gasteiger partial charge in [0.05, 0.1) is 5.39 Å². The summed E-state index contributed by atoms with van der Waals surface area (Å²) in [6.07, 6.45) is 0. The number of rotatable bonds is 4. The Labute approximate surface area is 121 Å². The van der Waals surface area contributed by atoms with Gasteiger partial charge in [0.2, 0.25) is 5.95 Å².